The Balaban J connectivity index is 2.03. The molecule has 1 heterocycles. The zero-order chi connectivity index (χ0) is 11.0. The fourth-order valence-corrected chi connectivity index (χ4v) is 1.80. The van der Waals surface area contributed by atoms with E-state index in [1.54, 1.807) is 0 Å². The minimum atomic E-state index is -0.412. The van der Waals surface area contributed by atoms with Gasteiger partial charge in [0.15, 0.2) is 0 Å². The van der Waals surface area contributed by atoms with E-state index in [4.69, 9.17) is 15.9 Å². The third-order valence-electron chi connectivity index (χ3n) is 2.91. The van der Waals surface area contributed by atoms with Gasteiger partial charge in [-0.1, -0.05) is 6.92 Å². The Morgan fingerprint density at radius 3 is 2.87 bits per heavy atom. The number of hydrogen-bond acceptors (Lipinski definition) is 3. The largest absolute Gasteiger partial charge is 0.464 e. The fraction of sp³-hybridized carbons (Fsp3) is 0.545. The van der Waals surface area contributed by atoms with Crippen LogP contribution in [-0.2, 0) is 4.79 Å². The minimum absolute atomic E-state index is 0.132. The first-order valence-electron chi connectivity index (χ1n) is 5.21. The van der Waals surface area contributed by atoms with Gasteiger partial charge in [0, 0.05) is 12.3 Å². The van der Waals surface area contributed by atoms with Gasteiger partial charge in [-0.05, 0) is 24.5 Å². The van der Waals surface area contributed by atoms with Crippen molar-refractivity contribution in [3.8, 4) is 0 Å². The van der Waals surface area contributed by atoms with Crippen LogP contribution in [0.15, 0.2) is 16.5 Å². The van der Waals surface area contributed by atoms with Crippen LogP contribution in [0.5, 0.6) is 0 Å². The number of nitrogens with two attached hydrogens (primary N) is 2. The standard InChI is InChI=1S/C11H16N2O2/c1-6-4-7(6)9-2-3-10(15-9)8(12)5-11(13)14/h2-3,6-8H,4-5,12H2,1H3,(H2,13,14). The molecular formula is C11H16N2O2. The summed E-state index contributed by atoms with van der Waals surface area (Å²) >= 11 is 0. The van der Waals surface area contributed by atoms with E-state index in [-0.39, 0.29) is 6.42 Å². The van der Waals surface area contributed by atoms with Gasteiger partial charge >= 0.3 is 0 Å². The molecule has 4 N–H and O–H groups in total. The van der Waals surface area contributed by atoms with Crippen molar-refractivity contribution in [2.75, 3.05) is 0 Å². The van der Waals surface area contributed by atoms with E-state index in [0.717, 1.165) is 5.76 Å². The maximum atomic E-state index is 10.7. The molecule has 0 bridgehead atoms. The second-order valence-corrected chi connectivity index (χ2v) is 4.34. The fourth-order valence-electron chi connectivity index (χ4n) is 1.80. The lowest BCUT2D eigenvalue weighted by Crippen LogP contribution is -2.20. The maximum absolute atomic E-state index is 10.7. The predicted octanol–water partition coefficient (Wildman–Crippen LogP) is 1.28. The first-order chi connectivity index (χ1) is 7.08. The van der Waals surface area contributed by atoms with Crippen LogP contribution < -0.4 is 11.5 Å². The summed E-state index contributed by atoms with van der Waals surface area (Å²) in [5.74, 6) is 2.48. The van der Waals surface area contributed by atoms with Crippen molar-refractivity contribution in [3.05, 3.63) is 23.7 Å². The topological polar surface area (TPSA) is 82.2 Å². The Kier molecular flexibility index (Phi) is 2.52. The second kappa shape index (κ2) is 3.70. The predicted molar refractivity (Wildman–Crippen MR) is 56.0 cm³/mol. The van der Waals surface area contributed by atoms with Crippen LogP contribution in [0.3, 0.4) is 0 Å². The average molecular weight is 208 g/mol. The van der Waals surface area contributed by atoms with E-state index in [2.05, 4.69) is 6.92 Å². The van der Waals surface area contributed by atoms with Crippen molar-refractivity contribution in [2.45, 2.75) is 31.7 Å². The molecule has 1 fully saturated rings. The molecule has 0 spiro atoms. The van der Waals surface area contributed by atoms with Gasteiger partial charge in [0.1, 0.15) is 11.5 Å². The van der Waals surface area contributed by atoms with Crippen molar-refractivity contribution in [1.29, 1.82) is 0 Å². The quantitative estimate of drug-likeness (QED) is 0.781. The number of primary amides is 1. The average Bonchev–Trinajstić information content (AvgIpc) is 2.70. The molecule has 1 saturated carbocycles. The van der Waals surface area contributed by atoms with Gasteiger partial charge in [-0.15, -0.1) is 0 Å². The molecule has 1 aromatic rings. The number of carbonyl (C=O) groups is 1. The van der Waals surface area contributed by atoms with Crippen molar-refractivity contribution in [3.63, 3.8) is 0 Å². The van der Waals surface area contributed by atoms with Gasteiger partial charge in [0.05, 0.1) is 6.04 Å². The molecule has 15 heavy (non-hydrogen) atoms. The molecule has 1 aliphatic carbocycles. The summed E-state index contributed by atoms with van der Waals surface area (Å²) in [5, 5.41) is 0. The van der Waals surface area contributed by atoms with E-state index in [9.17, 15) is 4.79 Å². The molecule has 0 radical (unpaired) electrons. The molecule has 4 nitrogen and oxygen atoms in total. The number of hydrogen-bond donors (Lipinski definition) is 2. The van der Waals surface area contributed by atoms with Gasteiger partial charge < -0.3 is 15.9 Å². The van der Waals surface area contributed by atoms with Crippen molar-refractivity contribution in [2.24, 2.45) is 17.4 Å². The van der Waals surface area contributed by atoms with E-state index in [1.807, 2.05) is 12.1 Å². The van der Waals surface area contributed by atoms with Gasteiger partial charge in [-0.2, -0.15) is 0 Å². The Morgan fingerprint density at radius 1 is 1.67 bits per heavy atom. The van der Waals surface area contributed by atoms with Crippen LogP contribution in [0.1, 0.15) is 43.2 Å². The third-order valence-corrected chi connectivity index (χ3v) is 2.91. The molecule has 1 aromatic heterocycles. The van der Waals surface area contributed by atoms with Gasteiger partial charge in [0.25, 0.3) is 0 Å². The Morgan fingerprint density at radius 2 is 2.33 bits per heavy atom. The zero-order valence-electron chi connectivity index (χ0n) is 8.77. The highest BCUT2D eigenvalue weighted by molar-refractivity contribution is 5.74. The molecular weight excluding hydrogens is 192 g/mol. The monoisotopic (exact) mass is 208 g/mol. The molecule has 0 aliphatic heterocycles. The minimum Gasteiger partial charge on any atom is -0.464 e. The SMILES string of the molecule is CC1CC1c1ccc(C(N)CC(N)=O)o1. The van der Waals surface area contributed by atoms with Crippen molar-refractivity contribution >= 4 is 5.91 Å². The van der Waals surface area contributed by atoms with Gasteiger partial charge in [0.2, 0.25) is 5.91 Å². The summed E-state index contributed by atoms with van der Waals surface area (Å²) in [4.78, 5) is 10.7. The third kappa shape index (κ3) is 2.21. The van der Waals surface area contributed by atoms with Crippen LogP contribution in [-0.4, -0.2) is 5.91 Å². The highest BCUT2D eigenvalue weighted by Crippen LogP contribution is 2.47. The molecule has 0 aromatic carbocycles. The molecule has 1 aliphatic rings. The van der Waals surface area contributed by atoms with Crippen molar-refractivity contribution in [1.82, 2.24) is 0 Å². The summed E-state index contributed by atoms with van der Waals surface area (Å²) in [7, 11) is 0. The Bertz CT molecular complexity index is 372. The first-order valence-corrected chi connectivity index (χ1v) is 5.21. The summed E-state index contributed by atoms with van der Waals surface area (Å²) in [5.41, 5.74) is 10.8. The summed E-state index contributed by atoms with van der Waals surface area (Å²) in [6, 6.07) is 3.38. The maximum Gasteiger partial charge on any atom is 0.219 e. The normalized spacial score (nSPS) is 26.3. The van der Waals surface area contributed by atoms with E-state index in [1.165, 1.54) is 6.42 Å². The lowest BCUT2D eigenvalue weighted by atomic mass is 10.1. The Hall–Kier alpha value is -1.29. The smallest absolute Gasteiger partial charge is 0.219 e. The van der Waals surface area contributed by atoms with Crippen LogP contribution in [0.25, 0.3) is 0 Å². The van der Waals surface area contributed by atoms with Crippen LogP contribution >= 0.6 is 0 Å². The zero-order valence-corrected chi connectivity index (χ0v) is 8.77. The highest BCUT2D eigenvalue weighted by Gasteiger charge is 2.36. The number of amides is 1. The van der Waals surface area contributed by atoms with Gasteiger partial charge in [-0.25, -0.2) is 0 Å². The first kappa shape index (κ1) is 10.2. The van der Waals surface area contributed by atoms with Crippen molar-refractivity contribution < 1.29 is 9.21 Å². The molecule has 2 rings (SSSR count). The van der Waals surface area contributed by atoms with E-state index in [0.29, 0.717) is 17.6 Å². The molecule has 82 valence electrons. The second-order valence-electron chi connectivity index (χ2n) is 4.34. The number of furan rings is 1. The highest BCUT2D eigenvalue weighted by atomic mass is 16.3. The summed E-state index contributed by atoms with van der Waals surface area (Å²) < 4.78 is 5.61. The summed E-state index contributed by atoms with van der Waals surface area (Å²) in [6.45, 7) is 2.19. The lowest BCUT2D eigenvalue weighted by Gasteiger charge is -2.05. The lowest BCUT2D eigenvalue weighted by molar-refractivity contribution is -0.118. The number of rotatable bonds is 4. The van der Waals surface area contributed by atoms with Crippen LogP contribution in [0.2, 0.25) is 0 Å². The van der Waals surface area contributed by atoms with E-state index < -0.39 is 11.9 Å². The molecule has 3 atom stereocenters. The van der Waals surface area contributed by atoms with Crippen LogP contribution in [0, 0.1) is 5.92 Å². The number of carbonyl (C=O) groups excluding carboxylic acids is 1. The molecule has 3 unspecified atom stereocenters. The summed E-state index contributed by atoms with van der Waals surface area (Å²) in [6.07, 6.45) is 1.31. The Labute approximate surface area is 88.6 Å². The van der Waals surface area contributed by atoms with Crippen LogP contribution in [0.4, 0.5) is 0 Å². The molecule has 4 heteroatoms. The van der Waals surface area contributed by atoms with E-state index >= 15 is 0 Å². The molecule has 0 saturated heterocycles. The molecule has 1 amide bonds. The van der Waals surface area contributed by atoms with Gasteiger partial charge in [-0.3, -0.25) is 4.79 Å².